The van der Waals surface area contributed by atoms with Crippen LogP contribution in [0.25, 0.3) is 11.0 Å². The number of aromatic nitrogens is 3. The summed E-state index contributed by atoms with van der Waals surface area (Å²) < 4.78 is 25.6. The van der Waals surface area contributed by atoms with Crippen molar-refractivity contribution in [3.8, 4) is 0 Å². The predicted octanol–water partition coefficient (Wildman–Crippen LogP) is 1.31. The summed E-state index contributed by atoms with van der Waals surface area (Å²) in [6, 6.07) is 7.97. The Morgan fingerprint density at radius 1 is 1.30 bits per heavy atom. The number of carbonyl (C=O) groups excluding carboxylic acids is 1. The number of anilines is 1. The average Bonchev–Trinajstić information content (AvgIpc) is 3.09. The molecule has 0 unspecified atom stereocenters. The van der Waals surface area contributed by atoms with Crippen LogP contribution >= 0.6 is 11.6 Å². The number of benzene rings is 2. The van der Waals surface area contributed by atoms with Crippen LogP contribution in [-0.4, -0.2) is 59.4 Å². The molecule has 1 N–H and O–H groups in total. The van der Waals surface area contributed by atoms with E-state index in [1.807, 2.05) is 0 Å². The number of rotatable bonds is 7. The highest BCUT2D eigenvalue weighted by Gasteiger charge is 2.20. The lowest BCUT2D eigenvalue weighted by atomic mass is 10.3. The van der Waals surface area contributed by atoms with E-state index in [0.29, 0.717) is 5.52 Å². The Hall–Kier alpha value is -3.29. The molecule has 0 saturated heterocycles. The Labute approximate surface area is 175 Å². The Kier molecular flexibility index (Phi) is 5.87. The lowest BCUT2D eigenvalue weighted by molar-refractivity contribution is -0.384. The average molecular weight is 455 g/mol. The van der Waals surface area contributed by atoms with Gasteiger partial charge < -0.3 is 10.2 Å². The summed E-state index contributed by atoms with van der Waals surface area (Å²) in [6.45, 7) is -0.514. The van der Waals surface area contributed by atoms with Crippen molar-refractivity contribution >= 4 is 49.9 Å². The molecule has 0 fully saturated rings. The van der Waals surface area contributed by atoms with Gasteiger partial charge in [0.1, 0.15) is 16.1 Å². The van der Waals surface area contributed by atoms with Crippen molar-refractivity contribution in [2.75, 3.05) is 26.0 Å². The van der Waals surface area contributed by atoms with Gasteiger partial charge in [-0.25, -0.2) is 12.7 Å². The molecule has 1 amide bonds. The number of hydrogen-bond acceptors (Lipinski definition) is 8. The lowest BCUT2D eigenvalue weighted by Crippen LogP contribution is -2.26. The molecule has 3 aromatic rings. The van der Waals surface area contributed by atoms with Crippen LogP contribution in [0.1, 0.15) is 0 Å². The molecule has 0 aliphatic carbocycles. The maximum absolute atomic E-state index is 12.3. The van der Waals surface area contributed by atoms with Crippen molar-refractivity contribution in [3.63, 3.8) is 0 Å². The molecule has 1 aromatic heterocycles. The summed E-state index contributed by atoms with van der Waals surface area (Å²) in [5, 5.41) is 20.9. The van der Waals surface area contributed by atoms with Gasteiger partial charge in [-0.15, -0.1) is 5.10 Å². The van der Waals surface area contributed by atoms with E-state index in [2.05, 4.69) is 15.6 Å². The standard InChI is InChI=1S/C16H15ClN6O6S/c1-21(2)30(27,28)11-4-6-13-15(8-11)22(20-19-13)29-9-16(24)18-10-3-5-12(17)14(7-10)23(25)26/h3-8H,9H2,1-2H3,(H,18,24). The molecular weight excluding hydrogens is 440 g/mol. The first-order valence-corrected chi connectivity index (χ1v) is 10.1. The van der Waals surface area contributed by atoms with Gasteiger partial charge in [0.2, 0.25) is 10.0 Å². The third kappa shape index (κ3) is 4.32. The number of halogens is 1. The van der Waals surface area contributed by atoms with Gasteiger partial charge in [0.05, 0.1) is 9.82 Å². The van der Waals surface area contributed by atoms with Crippen LogP contribution in [0.5, 0.6) is 0 Å². The Bertz CT molecular complexity index is 1240. The summed E-state index contributed by atoms with van der Waals surface area (Å²) in [7, 11) is -0.886. The van der Waals surface area contributed by atoms with E-state index < -0.39 is 27.5 Å². The number of carbonyl (C=O) groups is 1. The Morgan fingerprint density at radius 2 is 2.03 bits per heavy atom. The lowest BCUT2D eigenvalue weighted by Gasteiger charge is -2.11. The third-order valence-electron chi connectivity index (χ3n) is 3.91. The van der Waals surface area contributed by atoms with E-state index in [0.717, 1.165) is 15.2 Å². The van der Waals surface area contributed by atoms with Gasteiger partial charge in [0.25, 0.3) is 11.6 Å². The van der Waals surface area contributed by atoms with Crippen LogP contribution in [0.2, 0.25) is 5.02 Å². The molecular formula is C16H15ClN6O6S. The van der Waals surface area contributed by atoms with E-state index in [4.69, 9.17) is 16.4 Å². The minimum atomic E-state index is -3.69. The molecule has 0 bridgehead atoms. The van der Waals surface area contributed by atoms with Crippen molar-refractivity contribution in [2.24, 2.45) is 0 Å². The third-order valence-corrected chi connectivity index (χ3v) is 6.04. The smallest absolute Gasteiger partial charge is 0.289 e. The van der Waals surface area contributed by atoms with Crippen LogP contribution in [0, 0.1) is 10.1 Å². The summed E-state index contributed by atoms with van der Waals surface area (Å²) >= 11 is 5.73. The maximum atomic E-state index is 12.3. The summed E-state index contributed by atoms with van der Waals surface area (Å²) in [4.78, 5) is 28.6. The number of amides is 1. The molecule has 0 spiro atoms. The Balaban J connectivity index is 1.75. The molecule has 0 atom stereocenters. The second kappa shape index (κ2) is 8.22. The number of nitro groups is 1. The van der Waals surface area contributed by atoms with Crippen LogP contribution in [0.4, 0.5) is 11.4 Å². The van der Waals surface area contributed by atoms with E-state index in [9.17, 15) is 23.3 Å². The molecule has 0 saturated carbocycles. The highest BCUT2D eigenvalue weighted by atomic mass is 35.5. The molecule has 14 heteroatoms. The normalized spacial score (nSPS) is 11.6. The van der Waals surface area contributed by atoms with Crippen LogP contribution in [0.3, 0.4) is 0 Å². The number of nitro benzene ring substituents is 1. The van der Waals surface area contributed by atoms with Crippen LogP contribution in [0.15, 0.2) is 41.3 Å². The largest absolute Gasteiger partial charge is 0.385 e. The summed E-state index contributed by atoms with van der Waals surface area (Å²) in [5.74, 6) is -0.632. The first-order chi connectivity index (χ1) is 14.1. The Morgan fingerprint density at radius 3 is 2.70 bits per heavy atom. The van der Waals surface area contributed by atoms with Crippen molar-refractivity contribution < 1.29 is 23.0 Å². The highest BCUT2D eigenvalue weighted by molar-refractivity contribution is 7.89. The second-order valence-corrected chi connectivity index (χ2v) is 8.70. The summed E-state index contributed by atoms with van der Waals surface area (Å²) in [6.07, 6.45) is 0. The molecule has 1 heterocycles. The number of nitrogens with zero attached hydrogens (tertiary/aromatic N) is 5. The van der Waals surface area contributed by atoms with E-state index in [-0.39, 0.29) is 26.8 Å². The first-order valence-electron chi connectivity index (χ1n) is 8.24. The van der Waals surface area contributed by atoms with E-state index >= 15 is 0 Å². The molecule has 0 radical (unpaired) electrons. The van der Waals surface area contributed by atoms with E-state index in [1.54, 1.807) is 0 Å². The molecule has 30 heavy (non-hydrogen) atoms. The van der Waals surface area contributed by atoms with Gasteiger partial charge in [-0.3, -0.25) is 14.9 Å². The van der Waals surface area contributed by atoms with Crippen LogP contribution in [-0.2, 0) is 14.8 Å². The minimum absolute atomic E-state index is 0.00470. The number of sulfonamides is 1. The fourth-order valence-corrected chi connectivity index (χ4v) is 3.50. The van der Waals surface area contributed by atoms with Crippen molar-refractivity contribution in [2.45, 2.75) is 4.90 Å². The maximum Gasteiger partial charge on any atom is 0.289 e. The number of fused-ring (bicyclic) bond motifs is 1. The molecule has 12 nitrogen and oxygen atoms in total. The SMILES string of the molecule is CN(C)S(=O)(=O)c1ccc2nnn(OCC(=O)Nc3ccc(Cl)c([N+](=O)[O-])c3)c2c1. The minimum Gasteiger partial charge on any atom is -0.385 e. The van der Waals surface area contributed by atoms with Gasteiger partial charge in [0, 0.05) is 25.8 Å². The van der Waals surface area contributed by atoms with Crippen molar-refractivity contribution in [1.82, 2.24) is 19.5 Å². The zero-order valence-electron chi connectivity index (χ0n) is 15.6. The number of nitrogens with one attached hydrogen (secondary N) is 1. The number of hydrogen-bond donors (Lipinski definition) is 1. The van der Waals surface area contributed by atoms with Crippen LogP contribution < -0.4 is 10.2 Å². The van der Waals surface area contributed by atoms with Gasteiger partial charge in [-0.05, 0) is 35.5 Å². The second-order valence-electron chi connectivity index (χ2n) is 6.15. The molecule has 3 rings (SSSR count). The predicted molar refractivity (Wildman–Crippen MR) is 107 cm³/mol. The molecule has 2 aromatic carbocycles. The van der Waals surface area contributed by atoms with Gasteiger partial charge in [0.15, 0.2) is 6.61 Å². The monoisotopic (exact) mass is 454 g/mol. The topological polar surface area (TPSA) is 150 Å². The van der Waals surface area contributed by atoms with Gasteiger partial charge >= 0.3 is 0 Å². The molecule has 0 aliphatic rings. The zero-order chi connectivity index (χ0) is 22.1. The van der Waals surface area contributed by atoms with Gasteiger partial charge in [-0.2, -0.15) is 0 Å². The van der Waals surface area contributed by atoms with Crippen molar-refractivity contribution in [1.29, 1.82) is 0 Å². The first kappa shape index (κ1) is 21.4. The molecule has 0 aliphatic heterocycles. The van der Waals surface area contributed by atoms with Crippen molar-refractivity contribution in [3.05, 3.63) is 51.5 Å². The van der Waals surface area contributed by atoms with Gasteiger partial charge in [-0.1, -0.05) is 16.4 Å². The molecule has 158 valence electrons. The summed E-state index contributed by atoms with van der Waals surface area (Å²) in [5.41, 5.74) is 0.407. The fourth-order valence-electron chi connectivity index (χ4n) is 2.39. The fraction of sp³-hybridized carbons (Fsp3) is 0.188. The quantitative estimate of drug-likeness (QED) is 0.414. The van der Waals surface area contributed by atoms with E-state index in [1.165, 1.54) is 44.4 Å². The highest BCUT2D eigenvalue weighted by Crippen LogP contribution is 2.27. The zero-order valence-corrected chi connectivity index (χ0v) is 17.2.